The molecule has 2 aromatic heterocycles. The minimum atomic E-state index is -3.95. The number of imidazole rings is 1. The van der Waals surface area contributed by atoms with E-state index in [0.717, 1.165) is 17.5 Å². The van der Waals surface area contributed by atoms with E-state index in [4.69, 9.17) is 23.1 Å². The number of nitrogens with one attached hydrogen (secondary N) is 1. The molecule has 1 unspecified atom stereocenters. The molecule has 0 saturated carbocycles. The summed E-state index contributed by atoms with van der Waals surface area (Å²) in [5.41, 5.74) is 13.7. The van der Waals surface area contributed by atoms with Gasteiger partial charge in [-0.3, -0.25) is 9.12 Å². The van der Waals surface area contributed by atoms with Crippen LogP contribution in [0, 0.1) is 5.92 Å². The fourth-order valence-corrected chi connectivity index (χ4v) is 5.70. The number of rotatable bonds is 4. The average Bonchev–Trinajstić information content (AvgIpc) is 3.24. The molecule has 0 radical (unpaired) electrons. The second-order valence-corrected chi connectivity index (χ2v) is 9.18. The number of aromatic nitrogens is 2. The lowest BCUT2D eigenvalue weighted by molar-refractivity contribution is 0.596. The van der Waals surface area contributed by atoms with Gasteiger partial charge >= 0.3 is 0 Å². The maximum absolute atomic E-state index is 12.9. The highest BCUT2D eigenvalue weighted by Gasteiger charge is 2.28. The van der Waals surface area contributed by atoms with Gasteiger partial charge in [0.05, 0.1) is 5.71 Å². The molecule has 9 nitrogen and oxygen atoms in total. The lowest BCUT2D eigenvalue weighted by Gasteiger charge is -2.09. The van der Waals surface area contributed by atoms with Gasteiger partial charge in [-0.05, 0) is 24.1 Å². The van der Waals surface area contributed by atoms with Gasteiger partial charge in [-0.25, -0.2) is 4.98 Å². The lowest BCUT2D eigenvalue weighted by atomic mass is 10.1. The number of thiazole rings is 1. The van der Waals surface area contributed by atoms with Crippen molar-refractivity contribution in [1.29, 1.82) is 0 Å². The molecule has 0 aliphatic heterocycles. The summed E-state index contributed by atoms with van der Waals surface area (Å²) < 4.78 is 29.8. The van der Waals surface area contributed by atoms with Crippen LogP contribution in [-0.2, 0) is 16.4 Å². The molecule has 3 aromatic rings. The average molecular weight is 474 g/mol. The Morgan fingerprint density at radius 3 is 2.90 bits per heavy atom. The highest BCUT2D eigenvalue weighted by Crippen LogP contribution is 2.32. The highest BCUT2D eigenvalue weighted by atomic mass is 35.5. The van der Waals surface area contributed by atoms with Gasteiger partial charge in [0.25, 0.3) is 10.0 Å². The van der Waals surface area contributed by atoms with Gasteiger partial charge in [0, 0.05) is 28.7 Å². The molecule has 0 amide bonds. The molecule has 13 heteroatoms. The summed E-state index contributed by atoms with van der Waals surface area (Å²) >= 11 is 7.36. The lowest BCUT2D eigenvalue weighted by Crippen LogP contribution is -2.22. The number of nitrogens with zero attached hydrogens (tertiary/aromatic N) is 4. The molecule has 0 spiro atoms. The quantitative estimate of drug-likeness (QED) is 0.303. The van der Waals surface area contributed by atoms with Crippen LogP contribution in [0.25, 0.3) is 4.96 Å². The van der Waals surface area contributed by atoms with Crippen molar-refractivity contribution in [3.63, 3.8) is 0 Å². The predicted octanol–water partition coefficient (Wildman–Crippen LogP) is 2.44. The third kappa shape index (κ3) is 3.90. The first-order valence-electron chi connectivity index (χ1n) is 8.20. The van der Waals surface area contributed by atoms with E-state index in [9.17, 15) is 8.42 Å². The summed E-state index contributed by atoms with van der Waals surface area (Å²) in [6.45, 7) is 2.00. The summed E-state index contributed by atoms with van der Waals surface area (Å²) in [6.07, 6.45) is 2.38. The molecule has 1 atom stereocenters. The van der Waals surface area contributed by atoms with E-state index in [-0.39, 0.29) is 34.5 Å². The maximum atomic E-state index is 12.9. The molecule has 1 aromatic carbocycles. The SMILES string of the molecule is CC1Cc2ccc(NS(=O)(=O)c3c(Cl)nc4sccn34)cc2/C1=N/N=C(N)N.Cl. The number of hydrogen-bond donors (Lipinski definition) is 3. The van der Waals surface area contributed by atoms with Crippen molar-refractivity contribution in [3.8, 4) is 0 Å². The first-order chi connectivity index (χ1) is 13.3. The molecular formula is C16H17Cl2N7O2S2. The van der Waals surface area contributed by atoms with Crippen LogP contribution in [0.3, 0.4) is 0 Å². The Hall–Kier alpha value is -2.34. The van der Waals surface area contributed by atoms with Gasteiger partial charge in [-0.15, -0.1) is 28.8 Å². The Labute approximate surface area is 181 Å². The van der Waals surface area contributed by atoms with Crippen molar-refractivity contribution in [1.82, 2.24) is 9.38 Å². The topological polar surface area (TPSA) is 140 Å². The predicted molar refractivity (Wildman–Crippen MR) is 118 cm³/mol. The third-order valence-corrected chi connectivity index (χ3v) is 6.87. The Morgan fingerprint density at radius 2 is 2.17 bits per heavy atom. The van der Waals surface area contributed by atoms with Crippen molar-refractivity contribution in [2.45, 2.75) is 18.4 Å². The van der Waals surface area contributed by atoms with Gasteiger partial charge in [0.15, 0.2) is 15.1 Å². The minimum absolute atomic E-state index is 0. The zero-order valence-corrected chi connectivity index (χ0v) is 18.2. The zero-order valence-electron chi connectivity index (χ0n) is 15.0. The van der Waals surface area contributed by atoms with Crippen LogP contribution in [-0.4, -0.2) is 29.5 Å². The van der Waals surface area contributed by atoms with Crippen molar-refractivity contribution in [2.75, 3.05) is 4.72 Å². The number of anilines is 1. The fraction of sp³-hybridized carbons (Fsp3) is 0.188. The van der Waals surface area contributed by atoms with Gasteiger partial charge in [-0.1, -0.05) is 24.6 Å². The smallest absolute Gasteiger partial charge is 0.281 e. The summed E-state index contributed by atoms with van der Waals surface area (Å²) in [6, 6.07) is 5.28. The van der Waals surface area contributed by atoms with Crippen molar-refractivity contribution in [3.05, 3.63) is 46.1 Å². The second kappa shape index (κ2) is 7.82. The van der Waals surface area contributed by atoms with E-state index < -0.39 is 10.0 Å². The Balaban J connectivity index is 0.00000240. The number of fused-ring (bicyclic) bond motifs is 2. The molecule has 5 N–H and O–H groups in total. The summed E-state index contributed by atoms with van der Waals surface area (Å²) in [5, 5.41) is 9.41. The van der Waals surface area contributed by atoms with Crippen molar-refractivity contribution in [2.24, 2.45) is 27.6 Å². The Bertz CT molecular complexity index is 1240. The minimum Gasteiger partial charge on any atom is -0.369 e. The summed E-state index contributed by atoms with van der Waals surface area (Å²) in [4.78, 5) is 4.57. The van der Waals surface area contributed by atoms with Crippen LogP contribution in [0.15, 0.2) is 45.0 Å². The van der Waals surface area contributed by atoms with Crippen LogP contribution in [0.4, 0.5) is 5.69 Å². The highest BCUT2D eigenvalue weighted by molar-refractivity contribution is 7.92. The van der Waals surface area contributed by atoms with Gasteiger partial charge in [-0.2, -0.15) is 13.5 Å². The van der Waals surface area contributed by atoms with E-state index in [1.807, 2.05) is 13.0 Å². The van der Waals surface area contributed by atoms with Crippen LogP contribution < -0.4 is 16.2 Å². The van der Waals surface area contributed by atoms with Gasteiger partial charge < -0.3 is 11.5 Å². The molecule has 154 valence electrons. The number of benzene rings is 1. The number of halogens is 2. The number of sulfonamides is 1. The van der Waals surface area contributed by atoms with Crippen molar-refractivity contribution >= 4 is 67.7 Å². The molecule has 0 bridgehead atoms. The van der Waals surface area contributed by atoms with E-state index in [0.29, 0.717) is 16.4 Å². The first-order valence-corrected chi connectivity index (χ1v) is 10.9. The molecule has 0 saturated heterocycles. The van der Waals surface area contributed by atoms with Crippen molar-refractivity contribution < 1.29 is 8.42 Å². The molecule has 0 fully saturated rings. The Kier molecular flexibility index (Phi) is 5.77. The van der Waals surface area contributed by atoms with E-state index in [1.54, 1.807) is 23.7 Å². The number of guanidine groups is 1. The first kappa shape index (κ1) is 21.4. The molecule has 4 rings (SSSR count). The summed E-state index contributed by atoms with van der Waals surface area (Å²) in [5.74, 6) is -0.0279. The molecule has 1 aliphatic rings. The van der Waals surface area contributed by atoms with Gasteiger partial charge in [0.1, 0.15) is 0 Å². The van der Waals surface area contributed by atoms with Crippen LogP contribution >= 0.6 is 35.3 Å². The summed E-state index contributed by atoms with van der Waals surface area (Å²) in [7, 11) is -3.95. The van der Waals surface area contributed by atoms with Crippen LogP contribution in [0.2, 0.25) is 5.15 Å². The third-order valence-electron chi connectivity index (χ3n) is 4.34. The zero-order chi connectivity index (χ0) is 20.1. The molecule has 2 heterocycles. The largest absolute Gasteiger partial charge is 0.369 e. The monoisotopic (exact) mass is 473 g/mol. The standard InChI is InChI=1S/C16H16ClN7O2S2.ClH/c1-8-6-9-2-3-10(7-11(9)12(8)21-22-15(18)19)23-28(25,26)14-13(17)20-16-24(14)4-5-27-16;/h2-5,7-8,23H,6H2,1H3,(H4,18,19,22);1H/b21-12+;. The Morgan fingerprint density at radius 1 is 1.41 bits per heavy atom. The molecule has 1 aliphatic carbocycles. The second-order valence-electron chi connectivity index (χ2n) is 6.36. The van der Waals surface area contributed by atoms with E-state index >= 15 is 0 Å². The number of hydrogen-bond acceptors (Lipinski definition) is 6. The number of nitrogens with two attached hydrogens (primary N) is 2. The van der Waals surface area contributed by atoms with E-state index in [1.165, 1.54) is 15.7 Å². The maximum Gasteiger partial charge on any atom is 0.281 e. The molecule has 29 heavy (non-hydrogen) atoms. The normalized spacial score (nSPS) is 17.2. The van der Waals surface area contributed by atoms with E-state index in [2.05, 4.69) is 19.9 Å². The van der Waals surface area contributed by atoms with Crippen LogP contribution in [0.1, 0.15) is 18.1 Å². The van der Waals surface area contributed by atoms with Gasteiger partial charge in [0.2, 0.25) is 5.96 Å². The molecular weight excluding hydrogens is 457 g/mol. The fourth-order valence-electron chi connectivity index (χ4n) is 3.19. The van der Waals surface area contributed by atoms with Crippen LogP contribution in [0.5, 0.6) is 0 Å².